The second-order valence-electron chi connectivity index (χ2n) is 5.34. The molecule has 6 nitrogen and oxygen atoms in total. The van der Waals surface area contributed by atoms with Gasteiger partial charge in [-0.2, -0.15) is 0 Å². The zero-order chi connectivity index (χ0) is 18.2. The van der Waals surface area contributed by atoms with Gasteiger partial charge in [-0.25, -0.2) is 0 Å². The number of carbonyl (C=O) groups excluding carboxylic acids is 1. The quantitative estimate of drug-likeness (QED) is 0.797. The van der Waals surface area contributed by atoms with Gasteiger partial charge in [-0.1, -0.05) is 12.1 Å². The van der Waals surface area contributed by atoms with Crippen LogP contribution in [0.15, 0.2) is 36.4 Å². The van der Waals surface area contributed by atoms with Gasteiger partial charge in [-0.05, 0) is 35.4 Å². The summed E-state index contributed by atoms with van der Waals surface area (Å²) in [5.41, 5.74) is 1.75. The monoisotopic (exact) mass is 345 g/mol. The Kier molecular flexibility index (Phi) is 6.51. The van der Waals surface area contributed by atoms with Crippen molar-refractivity contribution in [1.82, 2.24) is 5.32 Å². The molecule has 134 valence electrons. The number of methoxy groups -OCH3 is 4. The predicted molar refractivity (Wildman–Crippen MR) is 94.6 cm³/mol. The van der Waals surface area contributed by atoms with Crippen molar-refractivity contribution in [2.45, 2.75) is 13.0 Å². The number of carbonyl (C=O) groups is 1. The maximum atomic E-state index is 12.2. The maximum absolute atomic E-state index is 12.2. The second kappa shape index (κ2) is 8.82. The van der Waals surface area contributed by atoms with Gasteiger partial charge in [0.1, 0.15) is 5.75 Å². The SMILES string of the molecule is COc1cccc(CNC(=O)Cc2cc(OC)c(OC)c(OC)c2)c1. The van der Waals surface area contributed by atoms with Crippen LogP contribution in [0.4, 0.5) is 0 Å². The van der Waals surface area contributed by atoms with Crippen molar-refractivity contribution >= 4 is 5.91 Å². The summed E-state index contributed by atoms with van der Waals surface area (Å²) < 4.78 is 21.1. The first kappa shape index (κ1) is 18.4. The first-order chi connectivity index (χ1) is 12.1. The number of ether oxygens (including phenoxy) is 4. The molecule has 0 aliphatic rings. The number of nitrogens with one attached hydrogen (secondary N) is 1. The molecule has 0 aliphatic carbocycles. The smallest absolute Gasteiger partial charge is 0.224 e. The van der Waals surface area contributed by atoms with Crippen LogP contribution in [0.25, 0.3) is 0 Å². The molecule has 0 fully saturated rings. The minimum Gasteiger partial charge on any atom is -0.497 e. The van der Waals surface area contributed by atoms with E-state index in [0.717, 1.165) is 16.9 Å². The van der Waals surface area contributed by atoms with E-state index < -0.39 is 0 Å². The lowest BCUT2D eigenvalue weighted by molar-refractivity contribution is -0.120. The average molecular weight is 345 g/mol. The van der Waals surface area contributed by atoms with Gasteiger partial charge >= 0.3 is 0 Å². The van der Waals surface area contributed by atoms with E-state index in [1.807, 2.05) is 24.3 Å². The molecule has 0 atom stereocenters. The van der Waals surface area contributed by atoms with Gasteiger partial charge in [-0.3, -0.25) is 4.79 Å². The fourth-order valence-corrected chi connectivity index (χ4v) is 2.47. The molecule has 1 amide bonds. The van der Waals surface area contributed by atoms with Crippen LogP contribution in [-0.4, -0.2) is 34.3 Å². The molecule has 6 heteroatoms. The van der Waals surface area contributed by atoms with E-state index in [1.165, 1.54) is 0 Å². The summed E-state index contributed by atoms with van der Waals surface area (Å²) in [5, 5.41) is 2.89. The van der Waals surface area contributed by atoms with E-state index in [4.69, 9.17) is 18.9 Å². The molecule has 0 aliphatic heterocycles. The van der Waals surface area contributed by atoms with E-state index in [9.17, 15) is 4.79 Å². The normalized spacial score (nSPS) is 10.1. The topological polar surface area (TPSA) is 66.0 Å². The highest BCUT2D eigenvalue weighted by atomic mass is 16.5. The summed E-state index contributed by atoms with van der Waals surface area (Å²) in [6.07, 6.45) is 0.209. The molecule has 0 unspecified atom stereocenters. The number of rotatable bonds is 8. The van der Waals surface area contributed by atoms with Crippen LogP contribution in [0.5, 0.6) is 23.0 Å². The summed E-state index contributed by atoms with van der Waals surface area (Å²) in [7, 11) is 6.25. The minimum atomic E-state index is -0.0999. The fraction of sp³-hybridized carbons (Fsp3) is 0.316. The summed E-state index contributed by atoms with van der Waals surface area (Å²) >= 11 is 0. The number of amides is 1. The van der Waals surface area contributed by atoms with Gasteiger partial charge < -0.3 is 24.3 Å². The average Bonchev–Trinajstić information content (AvgIpc) is 2.65. The van der Waals surface area contributed by atoms with Gasteiger partial charge in [0.05, 0.1) is 34.9 Å². The van der Waals surface area contributed by atoms with Crippen LogP contribution in [0.2, 0.25) is 0 Å². The molecule has 25 heavy (non-hydrogen) atoms. The Morgan fingerprint density at radius 2 is 1.56 bits per heavy atom. The molecule has 0 heterocycles. The van der Waals surface area contributed by atoms with Crippen LogP contribution >= 0.6 is 0 Å². The lowest BCUT2D eigenvalue weighted by Crippen LogP contribution is -2.24. The maximum Gasteiger partial charge on any atom is 0.224 e. The molecule has 0 saturated carbocycles. The van der Waals surface area contributed by atoms with Crippen molar-refractivity contribution in [1.29, 1.82) is 0 Å². The Morgan fingerprint density at radius 3 is 2.12 bits per heavy atom. The molecular weight excluding hydrogens is 322 g/mol. The van der Waals surface area contributed by atoms with E-state index in [2.05, 4.69) is 5.32 Å². The molecule has 2 rings (SSSR count). The third-order valence-corrected chi connectivity index (χ3v) is 3.71. The van der Waals surface area contributed by atoms with Gasteiger partial charge in [-0.15, -0.1) is 0 Å². The van der Waals surface area contributed by atoms with Crippen LogP contribution in [0.1, 0.15) is 11.1 Å². The van der Waals surface area contributed by atoms with Crippen LogP contribution in [0.3, 0.4) is 0 Å². The Hall–Kier alpha value is -2.89. The fourth-order valence-electron chi connectivity index (χ4n) is 2.47. The second-order valence-corrected chi connectivity index (χ2v) is 5.34. The minimum absolute atomic E-state index is 0.0999. The molecular formula is C19H23NO5. The van der Waals surface area contributed by atoms with E-state index in [-0.39, 0.29) is 12.3 Å². The zero-order valence-electron chi connectivity index (χ0n) is 14.9. The third kappa shape index (κ3) is 4.79. The predicted octanol–water partition coefficient (Wildman–Crippen LogP) is 2.58. The number of benzene rings is 2. The number of hydrogen-bond donors (Lipinski definition) is 1. The van der Waals surface area contributed by atoms with Crippen LogP contribution < -0.4 is 24.3 Å². The standard InChI is InChI=1S/C19H23NO5/c1-22-15-7-5-6-13(8-15)12-20-18(21)11-14-9-16(23-2)19(25-4)17(10-14)24-3/h5-10H,11-12H2,1-4H3,(H,20,21). The number of hydrogen-bond acceptors (Lipinski definition) is 5. The Bertz CT molecular complexity index is 704. The van der Waals surface area contributed by atoms with Gasteiger partial charge in [0.15, 0.2) is 11.5 Å². The summed E-state index contributed by atoms with van der Waals surface area (Å²) in [6.45, 7) is 0.431. The van der Waals surface area contributed by atoms with Crippen LogP contribution in [-0.2, 0) is 17.8 Å². The molecule has 2 aromatic rings. The largest absolute Gasteiger partial charge is 0.497 e. The van der Waals surface area contributed by atoms with E-state index in [1.54, 1.807) is 40.6 Å². The highest BCUT2D eigenvalue weighted by molar-refractivity contribution is 5.79. The Morgan fingerprint density at radius 1 is 0.880 bits per heavy atom. The van der Waals surface area contributed by atoms with Crippen molar-refractivity contribution in [2.75, 3.05) is 28.4 Å². The lowest BCUT2D eigenvalue weighted by Gasteiger charge is -2.14. The Balaban J connectivity index is 2.04. The first-order valence-electron chi connectivity index (χ1n) is 7.79. The molecule has 0 aromatic heterocycles. The molecule has 2 aromatic carbocycles. The lowest BCUT2D eigenvalue weighted by atomic mass is 10.1. The first-order valence-corrected chi connectivity index (χ1v) is 7.79. The van der Waals surface area contributed by atoms with Gasteiger partial charge in [0, 0.05) is 6.54 Å². The molecule has 0 radical (unpaired) electrons. The van der Waals surface area contributed by atoms with Gasteiger partial charge in [0.25, 0.3) is 0 Å². The zero-order valence-corrected chi connectivity index (χ0v) is 14.9. The molecule has 0 spiro atoms. The highest BCUT2D eigenvalue weighted by Gasteiger charge is 2.14. The highest BCUT2D eigenvalue weighted by Crippen LogP contribution is 2.38. The summed E-state index contributed by atoms with van der Waals surface area (Å²) in [5.74, 6) is 2.22. The van der Waals surface area contributed by atoms with Crippen molar-refractivity contribution in [2.24, 2.45) is 0 Å². The van der Waals surface area contributed by atoms with E-state index in [0.29, 0.717) is 23.8 Å². The molecule has 0 bridgehead atoms. The molecule has 1 N–H and O–H groups in total. The van der Waals surface area contributed by atoms with Gasteiger partial charge in [0.2, 0.25) is 11.7 Å². The Labute approximate surface area is 147 Å². The van der Waals surface area contributed by atoms with Crippen LogP contribution in [0, 0.1) is 0 Å². The van der Waals surface area contributed by atoms with Crippen molar-refractivity contribution in [3.05, 3.63) is 47.5 Å². The van der Waals surface area contributed by atoms with Crippen molar-refractivity contribution in [3.63, 3.8) is 0 Å². The van der Waals surface area contributed by atoms with Crippen molar-refractivity contribution in [3.8, 4) is 23.0 Å². The molecule has 0 saturated heterocycles. The summed E-state index contributed by atoms with van der Waals surface area (Å²) in [6, 6.07) is 11.1. The van der Waals surface area contributed by atoms with Crippen molar-refractivity contribution < 1.29 is 23.7 Å². The van der Waals surface area contributed by atoms with E-state index >= 15 is 0 Å². The third-order valence-electron chi connectivity index (χ3n) is 3.71. The summed E-state index contributed by atoms with van der Waals surface area (Å²) in [4.78, 5) is 12.2.